The molecule has 2 aromatic carbocycles. The second-order valence-corrected chi connectivity index (χ2v) is 7.07. The smallest absolute Gasteiger partial charge is 0.263 e. The van der Waals surface area contributed by atoms with Crippen LogP contribution in [0.25, 0.3) is 11.4 Å². The highest BCUT2D eigenvalue weighted by Gasteiger charge is 2.21. The molecule has 0 radical (unpaired) electrons. The van der Waals surface area contributed by atoms with E-state index in [9.17, 15) is 4.79 Å². The van der Waals surface area contributed by atoms with Crippen molar-refractivity contribution in [3.63, 3.8) is 0 Å². The molecule has 0 spiro atoms. The molecule has 0 aliphatic carbocycles. The molecular formula is C20H20BrN3O4. The molecule has 1 atom stereocenters. The van der Waals surface area contributed by atoms with Gasteiger partial charge in [0.15, 0.2) is 6.10 Å². The molecule has 0 fully saturated rings. The van der Waals surface area contributed by atoms with E-state index in [4.69, 9.17) is 14.0 Å². The van der Waals surface area contributed by atoms with Gasteiger partial charge in [-0.25, -0.2) is 0 Å². The van der Waals surface area contributed by atoms with Crippen molar-refractivity contribution in [3.05, 3.63) is 58.9 Å². The summed E-state index contributed by atoms with van der Waals surface area (Å²) in [5.74, 6) is 1.84. The molecule has 146 valence electrons. The van der Waals surface area contributed by atoms with Crippen molar-refractivity contribution in [1.82, 2.24) is 15.0 Å². The summed E-state index contributed by atoms with van der Waals surface area (Å²) < 4.78 is 17.1. The van der Waals surface area contributed by atoms with Crippen molar-refractivity contribution in [2.75, 3.05) is 14.2 Å². The minimum absolute atomic E-state index is 0.186. The van der Waals surface area contributed by atoms with Gasteiger partial charge in [-0.1, -0.05) is 39.3 Å². The Bertz CT molecular complexity index is 960. The highest BCUT2D eigenvalue weighted by Crippen LogP contribution is 2.22. The molecule has 0 N–H and O–H groups in total. The average molecular weight is 446 g/mol. The van der Waals surface area contributed by atoms with Crippen molar-refractivity contribution in [2.24, 2.45) is 0 Å². The molecule has 1 heterocycles. The molecule has 8 heteroatoms. The molecule has 1 aromatic heterocycles. The maximum absolute atomic E-state index is 12.6. The number of hydrogen-bond acceptors (Lipinski definition) is 6. The summed E-state index contributed by atoms with van der Waals surface area (Å²) >= 11 is 3.42. The molecule has 0 unspecified atom stereocenters. The van der Waals surface area contributed by atoms with Gasteiger partial charge in [-0.15, -0.1) is 0 Å². The monoisotopic (exact) mass is 445 g/mol. The summed E-state index contributed by atoms with van der Waals surface area (Å²) in [5.41, 5.74) is 0.827. The second-order valence-electron chi connectivity index (χ2n) is 6.16. The number of hydrogen-bond donors (Lipinski definition) is 0. The Morgan fingerprint density at radius 2 is 1.96 bits per heavy atom. The van der Waals surface area contributed by atoms with Crippen LogP contribution in [0.4, 0.5) is 0 Å². The fourth-order valence-electron chi connectivity index (χ4n) is 2.58. The van der Waals surface area contributed by atoms with E-state index < -0.39 is 6.10 Å². The number of amides is 1. The molecule has 0 bridgehead atoms. The van der Waals surface area contributed by atoms with Crippen molar-refractivity contribution < 1.29 is 18.8 Å². The number of carbonyl (C=O) groups is 1. The number of aromatic nitrogens is 2. The third-order valence-corrected chi connectivity index (χ3v) is 4.49. The van der Waals surface area contributed by atoms with Crippen LogP contribution in [0.5, 0.6) is 11.5 Å². The first-order chi connectivity index (χ1) is 13.5. The van der Waals surface area contributed by atoms with Crippen LogP contribution in [0.1, 0.15) is 12.8 Å². The summed E-state index contributed by atoms with van der Waals surface area (Å²) in [7, 11) is 3.24. The van der Waals surface area contributed by atoms with Gasteiger partial charge in [0.25, 0.3) is 5.91 Å². The lowest BCUT2D eigenvalue weighted by Gasteiger charge is -2.20. The first kappa shape index (κ1) is 19.9. The average Bonchev–Trinajstić information content (AvgIpc) is 3.16. The number of methoxy groups -OCH3 is 1. The maximum atomic E-state index is 12.6. The van der Waals surface area contributed by atoms with Gasteiger partial charge >= 0.3 is 0 Å². The molecule has 3 aromatic rings. The van der Waals surface area contributed by atoms with Gasteiger partial charge in [0.2, 0.25) is 11.7 Å². The van der Waals surface area contributed by atoms with E-state index in [1.807, 2.05) is 30.3 Å². The summed E-state index contributed by atoms with van der Waals surface area (Å²) in [6.07, 6.45) is -0.676. The highest BCUT2D eigenvalue weighted by molar-refractivity contribution is 9.10. The minimum Gasteiger partial charge on any atom is -0.497 e. The van der Waals surface area contributed by atoms with E-state index in [1.165, 1.54) is 4.90 Å². The second kappa shape index (κ2) is 8.88. The van der Waals surface area contributed by atoms with Crippen LogP contribution >= 0.6 is 15.9 Å². The van der Waals surface area contributed by atoms with Crippen LogP contribution in [0.15, 0.2) is 57.5 Å². The van der Waals surface area contributed by atoms with Gasteiger partial charge < -0.3 is 18.9 Å². The SMILES string of the molecule is COc1cccc(O[C@H](C)C(=O)N(C)Cc2nc(-c3cccc(Br)c3)no2)c1. The van der Waals surface area contributed by atoms with Gasteiger partial charge in [-0.3, -0.25) is 4.79 Å². The lowest BCUT2D eigenvalue weighted by Crippen LogP contribution is -2.37. The summed E-state index contributed by atoms with van der Waals surface area (Å²) in [4.78, 5) is 18.5. The Morgan fingerprint density at radius 1 is 1.21 bits per heavy atom. The number of benzene rings is 2. The molecule has 7 nitrogen and oxygen atoms in total. The highest BCUT2D eigenvalue weighted by atomic mass is 79.9. The lowest BCUT2D eigenvalue weighted by atomic mass is 10.2. The first-order valence-corrected chi connectivity index (χ1v) is 9.40. The van der Waals surface area contributed by atoms with Gasteiger partial charge in [-0.2, -0.15) is 4.98 Å². The zero-order valence-electron chi connectivity index (χ0n) is 15.8. The molecular weight excluding hydrogens is 426 g/mol. The van der Waals surface area contributed by atoms with E-state index in [2.05, 4.69) is 26.1 Å². The number of nitrogens with zero attached hydrogens (tertiary/aromatic N) is 3. The Hall–Kier alpha value is -2.87. The fourth-order valence-corrected chi connectivity index (χ4v) is 2.98. The summed E-state index contributed by atoms with van der Waals surface area (Å²) in [5, 5.41) is 3.98. The Morgan fingerprint density at radius 3 is 2.71 bits per heavy atom. The lowest BCUT2D eigenvalue weighted by molar-refractivity contribution is -0.137. The van der Waals surface area contributed by atoms with Crippen molar-refractivity contribution in [3.8, 4) is 22.9 Å². The number of likely N-dealkylation sites (N-methyl/N-ethyl adjacent to an activating group) is 1. The van der Waals surface area contributed by atoms with Crippen LogP contribution in [0.2, 0.25) is 0 Å². The number of ether oxygens (including phenoxy) is 2. The minimum atomic E-state index is -0.676. The van der Waals surface area contributed by atoms with Crippen molar-refractivity contribution in [1.29, 1.82) is 0 Å². The standard InChI is InChI=1S/C20H20BrN3O4/c1-13(27-17-9-5-8-16(11-17)26-3)20(25)24(2)12-18-22-19(23-28-18)14-6-4-7-15(21)10-14/h4-11,13H,12H2,1-3H3/t13-/m1/s1. The van der Waals surface area contributed by atoms with E-state index in [0.29, 0.717) is 23.2 Å². The van der Waals surface area contributed by atoms with Crippen LogP contribution in [0.3, 0.4) is 0 Å². The third kappa shape index (κ3) is 4.89. The van der Waals surface area contributed by atoms with Crippen LogP contribution < -0.4 is 9.47 Å². The van der Waals surface area contributed by atoms with Gasteiger partial charge in [0.05, 0.1) is 13.7 Å². The Labute approximate surface area is 171 Å². The maximum Gasteiger partial charge on any atom is 0.263 e. The topological polar surface area (TPSA) is 77.7 Å². The van der Waals surface area contributed by atoms with Crippen molar-refractivity contribution >= 4 is 21.8 Å². The van der Waals surface area contributed by atoms with E-state index in [0.717, 1.165) is 10.0 Å². The summed E-state index contributed by atoms with van der Waals surface area (Å²) in [6, 6.07) is 14.7. The van der Waals surface area contributed by atoms with E-state index in [1.54, 1.807) is 39.3 Å². The molecule has 0 aliphatic rings. The van der Waals surface area contributed by atoms with E-state index in [-0.39, 0.29) is 12.5 Å². The van der Waals surface area contributed by atoms with Gasteiger partial charge in [-0.05, 0) is 31.2 Å². The Balaban J connectivity index is 1.62. The number of rotatable bonds is 7. The van der Waals surface area contributed by atoms with Crippen LogP contribution in [-0.2, 0) is 11.3 Å². The van der Waals surface area contributed by atoms with Gasteiger partial charge in [0.1, 0.15) is 11.5 Å². The molecule has 3 rings (SSSR count). The predicted octanol–water partition coefficient (Wildman–Crippen LogP) is 3.93. The van der Waals surface area contributed by atoms with Crippen LogP contribution in [-0.4, -0.2) is 41.2 Å². The third-order valence-electron chi connectivity index (χ3n) is 4.00. The molecule has 0 saturated heterocycles. The predicted molar refractivity (Wildman–Crippen MR) is 107 cm³/mol. The zero-order valence-corrected chi connectivity index (χ0v) is 17.3. The van der Waals surface area contributed by atoms with Crippen molar-refractivity contribution in [2.45, 2.75) is 19.6 Å². The van der Waals surface area contributed by atoms with E-state index >= 15 is 0 Å². The molecule has 0 saturated carbocycles. The molecule has 1 amide bonds. The molecule has 28 heavy (non-hydrogen) atoms. The quantitative estimate of drug-likeness (QED) is 0.548. The van der Waals surface area contributed by atoms with Crippen LogP contribution in [0, 0.1) is 0 Å². The molecule has 0 aliphatic heterocycles. The normalized spacial score (nSPS) is 11.7. The Kier molecular flexibility index (Phi) is 6.30. The fraction of sp³-hybridized carbons (Fsp3) is 0.250. The number of halogens is 1. The first-order valence-electron chi connectivity index (χ1n) is 8.60. The summed E-state index contributed by atoms with van der Waals surface area (Å²) in [6.45, 7) is 1.88. The number of carbonyl (C=O) groups excluding carboxylic acids is 1. The largest absolute Gasteiger partial charge is 0.497 e. The zero-order chi connectivity index (χ0) is 20.1. The van der Waals surface area contributed by atoms with Gasteiger partial charge in [0, 0.05) is 23.2 Å².